The van der Waals surface area contributed by atoms with Gasteiger partial charge < -0.3 is 0 Å². The molecule has 0 unspecified atom stereocenters. The van der Waals surface area contributed by atoms with Crippen LogP contribution in [-0.4, -0.2) is 5.78 Å². The lowest BCUT2D eigenvalue weighted by Crippen LogP contribution is -2.06. The van der Waals surface area contributed by atoms with Crippen LogP contribution in [0.15, 0.2) is 243 Å². The fourth-order valence-electron chi connectivity index (χ4n) is 8.86. The van der Waals surface area contributed by atoms with E-state index in [-0.39, 0.29) is 5.78 Å². The van der Waals surface area contributed by atoms with Crippen LogP contribution in [0.25, 0.3) is 66.8 Å². The summed E-state index contributed by atoms with van der Waals surface area (Å²) < 4.78 is 0. The fraction of sp³-hybridized carbons (Fsp3) is 0. The third-order valence-corrected chi connectivity index (χ3v) is 11.5. The first-order chi connectivity index (χ1) is 30.8. The van der Waals surface area contributed by atoms with Gasteiger partial charge in [0.15, 0.2) is 5.78 Å². The second-order valence-electron chi connectivity index (χ2n) is 15.3. The summed E-state index contributed by atoms with van der Waals surface area (Å²) in [4.78, 5) is 15.9. The van der Waals surface area contributed by atoms with Crippen molar-refractivity contribution in [2.75, 3.05) is 0 Å². The van der Waals surface area contributed by atoms with Crippen molar-refractivity contribution in [2.24, 2.45) is 0 Å². The summed E-state index contributed by atoms with van der Waals surface area (Å²) in [6, 6.07) is 83.6. The number of hydrogen-bond donors (Lipinski definition) is 0. The minimum Gasteiger partial charge on any atom is -0.289 e. The first kappa shape index (κ1) is 37.9. The summed E-state index contributed by atoms with van der Waals surface area (Å²) in [5.74, 6) is 7.42. The molecule has 9 aromatic carbocycles. The Hall–Kier alpha value is -8.31. The summed E-state index contributed by atoms with van der Waals surface area (Å²) in [6.45, 7) is 0. The van der Waals surface area contributed by atoms with Crippen LogP contribution in [0.1, 0.15) is 33.4 Å². The van der Waals surface area contributed by atoms with Gasteiger partial charge in [0.25, 0.3) is 0 Å². The van der Waals surface area contributed by atoms with Crippen molar-refractivity contribution in [1.29, 1.82) is 0 Å². The van der Waals surface area contributed by atoms with Gasteiger partial charge in [-0.05, 0) is 62.2 Å². The van der Waals surface area contributed by atoms with E-state index in [2.05, 4.69) is 194 Å². The molecule has 1 aliphatic rings. The Bertz CT molecular complexity index is 3050. The van der Waals surface area contributed by atoms with Crippen molar-refractivity contribution in [3.63, 3.8) is 0 Å². The van der Waals surface area contributed by atoms with E-state index >= 15 is 4.79 Å². The molecular formula is C61H40O. The number of carbonyl (C=O) groups excluding carboxylic acids is 1. The number of allylic oxidation sites excluding steroid dienone is 4. The van der Waals surface area contributed by atoms with Crippen molar-refractivity contribution < 1.29 is 4.79 Å². The van der Waals surface area contributed by atoms with Gasteiger partial charge in [0.2, 0.25) is 0 Å². The van der Waals surface area contributed by atoms with Crippen LogP contribution in [0.2, 0.25) is 0 Å². The maximum Gasteiger partial charge on any atom is 0.195 e. The van der Waals surface area contributed by atoms with Crippen molar-refractivity contribution >= 4 is 28.1 Å². The summed E-state index contributed by atoms with van der Waals surface area (Å²) in [5.41, 5.74) is 16.8. The molecule has 0 atom stereocenters. The molecule has 0 fully saturated rings. The first-order valence-corrected chi connectivity index (χ1v) is 21.0. The lowest BCUT2D eigenvalue weighted by atomic mass is 9.73. The minimum absolute atomic E-state index is 0.00950. The molecule has 0 saturated heterocycles. The number of carbonyl (C=O) groups is 1. The zero-order chi connectivity index (χ0) is 41.7. The molecule has 0 bridgehead atoms. The highest BCUT2D eigenvalue weighted by Crippen LogP contribution is 2.58. The molecule has 1 nitrogen and oxygen atoms in total. The van der Waals surface area contributed by atoms with Crippen molar-refractivity contribution in [1.82, 2.24) is 0 Å². The summed E-state index contributed by atoms with van der Waals surface area (Å²) in [7, 11) is 0. The van der Waals surface area contributed by atoms with Gasteiger partial charge in [-0.25, -0.2) is 0 Å². The number of rotatable bonds is 8. The Morgan fingerprint density at radius 3 is 0.855 bits per heavy atom. The van der Waals surface area contributed by atoms with E-state index in [4.69, 9.17) is 0 Å². The average Bonchev–Trinajstić information content (AvgIpc) is 3.66. The van der Waals surface area contributed by atoms with Crippen LogP contribution in [0.3, 0.4) is 0 Å². The van der Waals surface area contributed by atoms with E-state index in [1.165, 1.54) is 0 Å². The summed E-state index contributed by atoms with van der Waals surface area (Å²) in [5, 5.41) is 0. The van der Waals surface area contributed by atoms with Crippen molar-refractivity contribution in [3.8, 4) is 56.3 Å². The minimum atomic E-state index is -0.00950. The van der Waals surface area contributed by atoms with Gasteiger partial charge in [-0.2, -0.15) is 0 Å². The molecule has 9 aromatic rings. The van der Waals surface area contributed by atoms with E-state index in [0.29, 0.717) is 11.1 Å². The molecule has 0 spiro atoms. The molecule has 0 saturated carbocycles. The van der Waals surface area contributed by atoms with Gasteiger partial charge in [-0.15, -0.1) is 0 Å². The van der Waals surface area contributed by atoms with Gasteiger partial charge in [-0.1, -0.05) is 242 Å². The second kappa shape index (κ2) is 17.1. The van der Waals surface area contributed by atoms with Crippen LogP contribution in [0.5, 0.6) is 0 Å². The molecule has 0 amide bonds. The highest BCUT2D eigenvalue weighted by atomic mass is 16.1. The Kier molecular flexibility index (Phi) is 10.5. The fourth-order valence-corrected chi connectivity index (χ4v) is 8.86. The first-order valence-electron chi connectivity index (χ1n) is 21.0. The highest BCUT2D eigenvalue weighted by molar-refractivity contribution is 6.59. The van der Waals surface area contributed by atoms with Crippen molar-refractivity contribution in [3.05, 3.63) is 276 Å². The van der Waals surface area contributed by atoms with Crippen LogP contribution in [-0.2, 0) is 4.79 Å². The molecule has 62 heavy (non-hydrogen) atoms. The Morgan fingerprint density at radius 2 is 0.500 bits per heavy atom. The topological polar surface area (TPSA) is 17.1 Å². The predicted octanol–water partition coefficient (Wildman–Crippen LogP) is 14.9. The molecule has 0 radical (unpaired) electrons. The van der Waals surface area contributed by atoms with E-state index in [0.717, 1.165) is 89.0 Å². The quantitative estimate of drug-likeness (QED) is 0.140. The Morgan fingerprint density at radius 1 is 0.226 bits per heavy atom. The van der Waals surface area contributed by atoms with E-state index in [9.17, 15) is 0 Å². The molecule has 0 heterocycles. The molecule has 1 aliphatic carbocycles. The SMILES string of the molecule is O=C1C(c2ccccc2)=C(c2ccccc2)C(c2c(-c3ccccc3)c(-c3ccccc3)c(C#Cc3ccccc3)c(-c3ccccc3)c2-c2ccccc2)=C1c1ccccc1. The Labute approximate surface area is 363 Å². The third kappa shape index (κ3) is 7.11. The van der Waals surface area contributed by atoms with Crippen molar-refractivity contribution in [2.45, 2.75) is 0 Å². The van der Waals surface area contributed by atoms with Gasteiger partial charge in [0, 0.05) is 50.1 Å². The lowest BCUT2D eigenvalue weighted by Gasteiger charge is -2.28. The average molecular weight is 789 g/mol. The second-order valence-corrected chi connectivity index (χ2v) is 15.3. The maximum atomic E-state index is 15.9. The van der Waals surface area contributed by atoms with Crippen LogP contribution >= 0.6 is 0 Å². The smallest absolute Gasteiger partial charge is 0.195 e. The monoisotopic (exact) mass is 788 g/mol. The molecular weight excluding hydrogens is 749 g/mol. The molecule has 0 N–H and O–H groups in total. The third-order valence-electron chi connectivity index (χ3n) is 11.5. The molecule has 290 valence electrons. The van der Waals surface area contributed by atoms with E-state index in [1.54, 1.807) is 0 Å². The van der Waals surface area contributed by atoms with Gasteiger partial charge in [-0.3, -0.25) is 4.79 Å². The molecule has 0 aliphatic heterocycles. The summed E-state index contributed by atoms with van der Waals surface area (Å²) >= 11 is 0. The standard InChI is InChI=1S/C61H40O/c62-61-57(49-37-21-7-22-38-49)56(48-35-19-6-20-36-48)60(58(61)50-39-23-8-24-40-50)59-54(46-31-15-4-16-32-46)52(44-27-11-2-12-28-44)51(42-41-43-25-9-1-10-26-43)53(45-29-13-3-14-30-45)55(59)47-33-17-5-18-34-47/h1-40H. The van der Waals surface area contributed by atoms with E-state index < -0.39 is 0 Å². The van der Waals surface area contributed by atoms with Crippen LogP contribution < -0.4 is 0 Å². The van der Waals surface area contributed by atoms with Gasteiger partial charge in [0.1, 0.15) is 0 Å². The zero-order valence-electron chi connectivity index (χ0n) is 34.0. The largest absolute Gasteiger partial charge is 0.289 e. The maximum absolute atomic E-state index is 15.9. The Balaban J connectivity index is 1.52. The zero-order valence-corrected chi connectivity index (χ0v) is 34.0. The predicted molar refractivity (Wildman–Crippen MR) is 259 cm³/mol. The number of hydrogen-bond acceptors (Lipinski definition) is 1. The normalized spacial score (nSPS) is 12.3. The summed E-state index contributed by atoms with van der Waals surface area (Å²) in [6.07, 6.45) is 0. The van der Waals surface area contributed by atoms with Gasteiger partial charge >= 0.3 is 0 Å². The van der Waals surface area contributed by atoms with E-state index in [1.807, 2.05) is 60.7 Å². The number of Topliss-reactive ketones (excluding diaryl/α,β-unsaturated/α-hetero) is 1. The molecule has 0 aromatic heterocycles. The molecule has 10 rings (SSSR count). The number of ketones is 1. The van der Waals surface area contributed by atoms with Gasteiger partial charge in [0.05, 0.1) is 0 Å². The van der Waals surface area contributed by atoms with Crippen LogP contribution in [0.4, 0.5) is 0 Å². The highest BCUT2D eigenvalue weighted by Gasteiger charge is 2.39. The number of benzene rings is 9. The van der Waals surface area contributed by atoms with Crippen LogP contribution in [0, 0.1) is 11.8 Å². The molecule has 1 heteroatoms. The lowest BCUT2D eigenvalue weighted by molar-refractivity contribution is -0.108.